The van der Waals surface area contributed by atoms with E-state index in [9.17, 15) is 9.59 Å². The minimum Gasteiger partial charge on any atom is -0.361 e. The van der Waals surface area contributed by atoms with E-state index in [2.05, 4.69) is 33.5 Å². The van der Waals surface area contributed by atoms with Crippen LogP contribution >= 0.6 is 0 Å². The molecule has 0 radical (unpaired) electrons. The topological polar surface area (TPSA) is 78.1 Å². The molecule has 1 unspecified atom stereocenters. The number of carbonyl (C=O) groups excluding carboxylic acids is 2. The zero-order chi connectivity index (χ0) is 23.5. The third kappa shape index (κ3) is 4.48. The summed E-state index contributed by atoms with van der Waals surface area (Å²) in [6.07, 6.45) is 8.88. The number of H-pyrrole nitrogens is 1. The van der Waals surface area contributed by atoms with Crippen LogP contribution in [0.5, 0.6) is 0 Å². The van der Waals surface area contributed by atoms with Crippen LogP contribution in [0.25, 0.3) is 17.0 Å². The van der Waals surface area contributed by atoms with Gasteiger partial charge in [0.2, 0.25) is 11.8 Å². The van der Waals surface area contributed by atoms with Crippen LogP contribution in [0.2, 0.25) is 0 Å². The highest BCUT2D eigenvalue weighted by atomic mass is 16.2. The lowest BCUT2D eigenvalue weighted by molar-refractivity contribution is -0.126. The summed E-state index contributed by atoms with van der Waals surface area (Å²) in [7, 11) is 1.85. The van der Waals surface area contributed by atoms with Crippen LogP contribution < -0.4 is 5.32 Å². The summed E-state index contributed by atoms with van der Waals surface area (Å²) in [4.78, 5) is 34.3. The number of rotatable bonds is 6. The number of anilines is 1. The number of fused-ring (bicyclic) bond motifs is 2. The molecule has 1 atom stereocenters. The number of amides is 2. The second kappa shape index (κ2) is 9.35. The van der Waals surface area contributed by atoms with Crippen molar-refractivity contribution in [1.29, 1.82) is 0 Å². The lowest BCUT2D eigenvalue weighted by Gasteiger charge is -2.27. The van der Waals surface area contributed by atoms with Gasteiger partial charge >= 0.3 is 0 Å². The second-order valence-electron chi connectivity index (χ2n) is 8.60. The first-order chi connectivity index (χ1) is 16.6. The predicted molar refractivity (Wildman–Crippen MR) is 134 cm³/mol. The minimum atomic E-state index is -0.132. The number of aromatic amines is 1. The molecule has 170 valence electrons. The van der Waals surface area contributed by atoms with Gasteiger partial charge in [0.1, 0.15) is 5.82 Å². The number of hydrogen-bond acceptors (Lipinski definition) is 3. The van der Waals surface area contributed by atoms with E-state index in [0.29, 0.717) is 25.1 Å². The van der Waals surface area contributed by atoms with Gasteiger partial charge in [0.25, 0.3) is 0 Å². The summed E-state index contributed by atoms with van der Waals surface area (Å²) in [5, 5.41) is 3.90. The maximum Gasteiger partial charge on any atom is 0.246 e. The molecule has 3 heterocycles. The standard InChI is InChI=1S/C28H26N4O2/c1-32(27(34)14-11-20-15-21-12-13-26(33)31-28(21)30-17-20)25(16-19-7-3-2-4-8-19)23-18-29-24-10-6-5-9-22(23)24/h2-11,14-15,17-18,25,29H,12-13,16H2,1H3,(H,30,31,33). The van der Waals surface area contributed by atoms with Gasteiger partial charge in [-0.15, -0.1) is 0 Å². The van der Waals surface area contributed by atoms with Crippen molar-refractivity contribution in [2.75, 3.05) is 12.4 Å². The fourth-order valence-corrected chi connectivity index (χ4v) is 4.47. The fourth-order valence-electron chi connectivity index (χ4n) is 4.47. The molecule has 6 heteroatoms. The predicted octanol–water partition coefficient (Wildman–Crippen LogP) is 4.90. The molecule has 1 aliphatic heterocycles. The lowest BCUT2D eigenvalue weighted by atomic mass is 9.97. The van der Waals surface area contributed by atoms with Crippen molar-refractivity contribution in [1.82, 2.24) is 14.9 Å². The van der Waals surface area contributed by atoms with Crippen LogP contribution in [-0.4, -0.2) is 33.7 Å². The van der Waals surface area contributed by atoms with Crippen LogP contribution in [0.1, 0.15) is 34.7 Å². The molecule has 1 aliphatic rings. The van der Waals surface area contributed by atoms with E-state index in [4.69, 9.17) is 0 Å². The summed E-state index contributed by atoms with van der Waals surface area (Å²) < 4.78 is 0. The van der Waals surface area contributed by atoms with Gasteiger partial charge in [-0.1, -0.05) is 48.5 Å². The molecule has 2 N–H and O–H groups in total. The monoisotopic (exact) mass is 450 g/mol. The van der Waals surface area contributed by atoms with Crippen LogP contribution in [0, 0.1) is 0 Å². The Morgan fingerprint density at radius 3 is 2.76 bits per heavy atom. The van der Waals surface area contributed by atoms with Crippen molar-refractivity contribution in [2.45, 2.75) is 25.3 Å². The molecule has 34 heavy (non-hydrogen) atoms. The van der Waals surface area contributed by atoms with Gasteiger partial charge in [-0.3, -0.25) is 9.59 Å². The van der Waals surface area contributed by atoms with E-state index < -0.39 is 0 Å². The van der Waals surface area contributed by atoms with Crippen molar-refractivity contribution in [3.63, 3.8) is 0 Å². The van der Waals surface area contributed by atoms with Gasteiger partial charge in [-0.25, -0.2) is 4.98 Å². The minimum absolute atomic E-state index is 0.0122. The number of carbonyl (C=O) groups is 2. The fraction of sp³-hybridized carbons (Fsp3) is 0.179. The molecule has 4 aromatic rings. The maximum absolute atomic E-state index is 13.3. The number of hydrogen-bond donors (Lipinski definition) is 2. The third-order valence-electron chi connectivity index (χ3n) is 6.35. The van der Waals surface area contributed by atoms with E-state index in [1.54, 1.807) is 23.2 Å². The molecule has 2 aromatic carbocycles. The van der Waals surface area contributed by atoms with Crippen LogP contribution in [0.4, 0.5) is 5.82 Å². The zero-order valence-electron chi connectivity index (χ0n) is 19.0. The Bertz CT molecular complexity index is 1370. The van der Waals surface area contributed by atoms with Crippen molar-refractivity contribution in [2.24, 2.45) is 0 Å². The number of aromatic nitrogens is 2. The average molecular weight is 451 g/mol. The lowest BCUT2D eigenvalue weighted by Crippen LogP contribution is -2.31. The molecule has 2 amide bonds. The molecule has 5 rings (SSSR count). The Morgan fingerprint density at radius 1 is 1.12 bits per heavy atom. The SMILES string of the molecule is CN(C(=O)C=Cc1cnc2c(c1)CCC(=O)N2)C(Cc1ccccc1)c1c[nH]c2ccccc12. The third-order valence-corrected chi connectivity index (χ3v) is 6.35. The Labute approximate surface area is 198 Å². The van der Waals surface area contributed by atoms with Crippen LogP contribution in [0.3, 0.4) is 0 Å². The first kappa shape index (κ1) is 21.6. The van der Waals surface area contributed by atoms with E-state index >= 15 is 0 Å². The maximum atomic E-state index is 13.3. The molecular formula is C28H26N4O2. The highest BCUT2D eigenvalue weighted by Crippen LogP contribution is 2.31. The van der Waals surface area contributed by atoms with Gasteiger partial charge in [0.15, 0.2) is 0 Å². The number of nitrogens with zero attached hydrogens (tertiary/aromatic N) is 2. The summed E-state index contributed by atoms with van der Waals surface area (Å²) in [5.74, 6) is 0.512. The molecule has 0 saturated carbocycles. The normalized spacial score (nSPS) is 14.1. The molecule has 0 saturated heterocycles. The van der Waals surface area contributed by atoms with E-state index in [0.717, 1.165) is 27.6 Å². The number of pyridine rings is 1. The van der Waals surface area contributed by atoms with Gasteiger partial charge in [-0.05, 0) is 47.7 Å². The molecule has 0 bridgehead atoms. The first-order valence-electron chi connectivity index (χ1n) is 11.4. The average Bonchev–Trinajstić information content (AvgIpc) is 3.30. The Balaban J connectivity index is 1.41. The summed E-state index contributed by atoms with van der Waals surface area (Å²) in [6.45, 7) is 0. The Kier molecular flexibility index (Phi) is 5.95. The summed E-state index contributed by atoms with van der Waals surface area (Å²) >= 11 is 0. The quantitative estimate of drug-likeness (QED) is 0.410. The zero-order valence-corrected chi connectivity index (χ0v) is 19.0. The van der Waals surface area contributed by atoms with Crippen molar-refractivity contribution in [3.05, 3.63) is 101 Å². The molecule has 0 fully saturated rings. The largest absolute Gasteiger partial charge is 0.361 e. The Hall–Kier alpha value is -4.19. The van der Waals surface area contributed by atoms with Crippen LogP contribution in [0.15, 0.2) is 79.1 Å². The van der Waals surface area contributed by atoms with Crippen molar-refractivity contribution >= 4 is 34.6 Å². The number of aryl methyl sites for hydroxylation is 1. The molecule has 0 spiro atoms. The number of benzene rings is 2. The van der Waals surface area contributed by atoms with E-state index in [1.807, 2.05) is 55.7 Å². The van der Waals surface area contributed by atoms with Gasteiger partial charge in [0.05, 0.1) is 6.04 Å². The summed E-state index contributed by atoms with van der Waals surface area (Å²) in [5.41, 5.74) is 5.14. The van der Waals surface area contributed by atoms with Crippen molar-refractivity contribution in [3.8, 4) is 0 Å². The van der Waals surface area contributed by atoms with Gasteiger partial charge in [0, 0.05) is 48.4 Å². The number of para-hydroxylation sites is 1. The number of nitrogens with one attached hydrogen (secondary N) is 2. The van der Waals surface area contributed by atoms with Gasteiger partial charge in [-0.2, -0.15) is 0 Å². The second-order valence-corrected chi connectivity index (χ2v) is 8.60. The van der Waals surface area contributed by atoms with Crippen molar-refractivity contribution < 1.29 is 9.59 Å². The molecule has 6 nitrogen and oxygen atoms in total. The summed E-state index contributed by atoms with van der Waals surface area (Å²) in [6, 6.07) is 20.2. The first-order valence-corrected chi connectivity index (χ1v) is 11.4. The van der Waals surface area contributed by atoms with Crippen LogP contribution in [-0.2, 0) is 22.4 Å². The molecule has 0 aliphatic carbocycles. The Morgan fingerprint density at radius 2 is 1.91 bits per heavy atom. The molecular weight excluding hydrogens is 424 g/mol. The smallest absolute Gasteiger partial charge is 0.246 e. The molecule has 2 aromatic heterocycles. The number of likely N-dealkylation sites (N-methyl/N-ethyl adjacent to an activating group) is 1. The van der Waals surface area contributed by atoms with Gasteiger partial charge < -0.3 is 15.2 Å². The highest BCUT2D eigenvalue weighted by Gasteiger charge is 2.24. The van der Waals surface area contributed by atoms with E-state index in [-0.39, 0.29) is 17.9 Å². The van der Waals surface area contributed by atoms with E-state index in [1.165, 1.54) is 5.56 Å². The highest BCUT2D eigenvalue weighted by molar-refractivity contribution is 5.94.